The van der Waals surface area contributed by atoms with Crippen molar-refractivity contribution in [2.24, 2.45) is 0 Å². The molecule has 3 aromatic carbocycles. The maximum absolute atomic E-state index is 12.8. The van der Waals surface area contributed by atoms with Gasteiger partial charge in [-0.15, -0.1) is 0 Å². The van der Waals surface area contributed by atoms with E-state index in [1.54, 1.807) is 50.2 Å². The van der Waals surface area contributed by atoms with Crippen LogP contribution in [0, 0.1) is 31.9 Å². The predicted molar refractivity (Wildman–Crippen MR) is 148 cm³/mol. The van der Waals surface area contributed by atoms with Gasteiger partial charge in [0.15, 0.2) is 11.5 Å². The van der Waals surface area contributed by atoms with E-state index in [0.717, 1.165) is 0 Å². The number of aryl methyl sites for hydroxylation is 1. The van der Waals surface area contributed by atoms with E-state index in [1.165, 1.54) is 31.4 Å². The Bertz CT molecular complexity index is 1460. The molecule has 0 heterocycles. The molecule has 0 bridgehead atoms. The average molecular weight is 627 g/mol. The van der Waals surface area contributed by atoms with E-state index in [2.05, 4.69) is 5.32 Å². The van der Waals surface area contributed by atoms with E-state index in [0.29, 0.717) is 31.7 Å². The first-order valence-corrected chi connectivity index (χ1v) is 12.3. The second kappa shape index (κ2) is 12.7. The van der Waals surface area contributed by atoms with Gasteiger partial charge in [-0.3, -0.25) is 14.9 Å². The standard InChI is InChI=1S/C27H22IN3O7/c1-4-37-24-14-17(13-22(28)25(24)38-27(33)18-5-8-21(36-3)9-6-18)12-19(15-29)26(32)30-23-10-7-20(31(34)35)11-16(23)2/h5-14H,4H2,1-3H3,(H,30,32)/b19-12+. The number of benzene rings is 3. The van der Waals surface area contributed by atoms with Crippen LogP contribution in [0.4, 0.5) is 11.4 Å². The number of nitrogens with one attached hydrogen (secondary N) is 1. The number of amides is 1. The van der Waals surface area contributed by atoms with Gasteiger partial charge in [-0.1, -0.05) is 0 Å². The molecule has 38 heavy (non-hydrogen) atoms. The lowest BCUT2D eigenvalue weighted by atomic mass is 10.1. The van der Waals surface area contributed by atoms with Crippen molar-refractivity contribution in [3.05, 3.63) is 90.5 Å². The third-order valence-electron chi connectivity index (χ3n) is 5.20. The second-order valence-electron chi connectivity index (χ2n) is 7.76. The predicted octanol–water partition coefficient (Wildman–Crippen LogP) is 5.68. The number of hydrogen-bond donors (Lipinski definition) is 1. The molecule has 0 saturated carbocycles. The van der Waals surface area contributed by atoms with Gasteiger partial charge < -0.3 is 19.5 Å². The first-order chi connectivity index (χ1) is 18.2. The Morgan fingerprint density at radius 2 is 1.87 bits per heavy atom. The molecule has 3 aromatic rings. The highest BCUT2D eigenvalue weighted by molar-refractivity contribution is 14.1. The van der Waals surface area contributed by atoms with Crippen LogP contribution in [0.25, 0.3) is 6.08 Å². The lowest BCUT2D eigenvalue weighted by molar-refractivity contribution is -0.384. The molecular weight excluding hydrogens is 605 g/mol. The van der Waals surface area contributed by atoms with Crippen LogP contribution >= 0.6 is 22.6 Å². The smallest absolute Gasteiger partial charge is 0.343 e. The number of esters is 1. The van der Waals surface area contributed by atoms with E-state index in [1.807, 2.05) is 28.7 Å². The number of ether oxygens (including phenoxy) is 3. The Kier molecular flexibility index (Phi) is 9.39. The molecule has 0 fully saturated rings. The Hall–Kier alpha value is -4.44. The Labute approximate surface area is 232 Å². The summed E-state index contributed by atoms with van der Waals surface area (Å²) in [6, 6.07) is 15.5. The van der Waals surface area contributed by atoms with E-state index < -0.39 is 16.8 Å². The zero-order valence-corrected chi connectivity index (χ0v) is 22.8. The van der Waals surface area contributed by atoms with Gasteiger partial charge in [0.05, 0.1) is 27.8 Å². The van der Waals surface area contributed by atoms with E-state index in [-0.39, 0.29) is 29.4 Å². The van der Waals surface area contributed by atoms with Gasteiger partial charge >= 0.3 is 5.97 Å². The minimum atomic E-state index is -0.688. The summed E-state index contributed by atoms with van der Waals surface area (Å²) in [7, 11) is 1.53. The quantitative estimate of drug-likeness (QED) is 0.0608. The number of nitrogens with zero attached hydrogens (tertiary/aromatic N) is 2. The lowest BCUT2D eigenvalue weighted by Crippen LogP contribution is -2.14. The summed E-state index contributed by atoms with van der Waals surface area (Å²) in [4.78, 5) is 35.9. The van der Waals surface area contributed by atoms with E-state index in [9.17, 15) is 25.0 Å². The number of rotatable bonds is 9. The molecule has 0 saturated heterocycles. The largest absolute Gasteiger partial charge is 0.497 e. The number of nitro benzene ring substituents is 1. The molecule has 1 amide bonds. The van der Waals surface area contributed by atoms with Crippen LogP contribution in [0.3, 0.4) is 0 Å². The molecule has 3 rings (SSSR count). The van der Waals surface area contributed by atoms with Crippen molar-refractivity contribution in [2.75, 3.05) is 19.0 Å². The van der Waals surface area contributed by atoms with E-state index in [4.69, 9.17) is 14.2 Å². The SMILES string of the molecule is CCOc1cc(/C=C(\C#N)C(=O)Nc2ccc([N+](=O)[O-])cc2C)cc(I)c1OC(=O)c1ccc(OC)cc1. The van der Waals surface area contributed by atoms with Gasteiger partial charge in [-0.25, -0.2) is 4.79 Å². The highest BCUT2D eigenvalue weighted by atomic mass is 127. The van der Waals surface area contributed by atoms with Crippen LogP contribution in [0.1, 0.15) is 28.4 Å². The number of anilines is 1. The zero-order valence-electron chi connectivity index (χ0n) is 20.6. The maximum Gasteiger partial charge on any atom is 0.343 e. The fourth-order valence-electron chi connectivity index (χ4n) is 3.32. The number of carbonyl (C=O) groups is 2. The Morgan fingerprint density at radius 1 is 1.16 bits per heavy atom. The molecule has 194 valence electrons. The highest BCUT2D eigenvalue weighted by Gasteiger charge is 2.19. The van der Waals surface area contributed by atoms with Gasteiger partial charge in [0, 0.05) is 17.8 Å². The molecule has 0 aliphatic carbocycles. The topological polar surface area (TPSA) is 141 Å². The third kappa shape index (κ3) is 6.86. The molecule has 1 N–H and O–H groups in total. The summed E-state index contributed by atoms with van der Waals surface area (Å²) in [6.45, 7) is 3.66. The first kappa shape index (κ1) is 28.1. The van der Waals surface area contributed by atoms with Crippen LogP contribution in [-0.2, 0) is 4.79 Å². The maximum atomic E-state index is 12.8. The monoisotopic (exact) mass is 627 g/mol. The molecular formula is C27H22IN3O7. The molecule has 0 aliphatic heterocycles. The molecule has 0 aliphatic rings. The fraction of sp³-hybridized carbons (Fsp3) is 0.148. The molecule has 0 aromatic heterocycles. The minimum absolute atomic E-state index is 0.109. The van der Waals surface area contributed by atoms with Crippen molar-refractivity contribution in [2.45, 2.75) is 13.8 Å². The second-order valence-corrected chi connectivity index (χ2v) is 8.92. The van der Waals surface area contributed by atoms with Gasteiger partial charge in [0.25, 0.3) is 11.6 Å². The fourth-order valence-corrected chi connectivity index (χ4v) is 4.05. The number of non-ortho nitro benzene ring substituents is 1. The minimum Gasteiger partial charge on any atom is -0.497 e. The van der Waals surface area contributed by atoms with E-state index >= 15 is 0 Å². The van der Waals surface area contributed by atoms with Crippen molar-refractivity contribution in [3.8, 4) is 23.3 Å². The number of methoxy groups -OCH3 is 1. The van der Waals surface area contributed by atoms with Crippen molar-refractivity contribution >= 4 is 51.9 Å². The van der Waals surface area contributed by atoms with Crippen LogP contribution in [0.2, 0.25) is 0 Å². The summed E-state index contributed by atoms with van der Waals surface area (Å²) in [5, 5.41) is 23.2. The summed E-state index contributed by atoms with van der Waals surface area (Å²) in [6.07, 6.45) is 1.37. The molecule has 10 nitrogen and oxygen atoms in total. The van der Waals surface area contributed by atoms with Crippen molar-refractivity contribution < 1.29 is 28.7 Å². The number of nitro groups is 1. The number of hydrogen-bond acceptors (Lipinski definition) is 8. The average Bonchev–Trinajstić information content (AvgIpc) is 2.90. The first-order valence-electron chi connectivity index (χ1n) is 11.2. The van der Waals surface area contributed by atoms with Crippen LogP contribution in [-0.4, -0.2) is 30.5 Å². The third-order valence-corrected chi connectivity index (χ3v) is 6.00. The number of carbonyl (C=O) groups excluding carboxylic acids is 2. The van der Waals surface area contributed by atoms with Gasteiger partial charge in [-0.2, -0.15) is 5.26 Å². The molecule has 11 heteroatoms. The summed E-state index contributed by atoms with van der Waals surface area (Å²) in [5.41, 5.74) is 1.28. The lowest BCUT2D eigenvalue weighted by Gasteiger charge is -2.14. The molecule has 0 radical (unpaired) electrons. The van der Waals surface area contributed by atoms with Crippen LogP contribution in [0.5, 0.6) is 17.2 Å². The Balaban J connectivity index is 1.87. The highest BCUT2D eigenvalue weighted by Crippen LogP contribution is 2.36. The zero-order chi connectivity index (χ0) is 27.8. The van der Waals surface area contributed by atoms with Crippen molar-refractivity contribution in [3.63, 3.8) is 0 Å². The molecule has 0 unspecified atom stereocenters. The van der Waals surface area contributed by atoms with Crippen molar-refractivity contribution in [1.29, 1.82) is 5.26 Å². The summed E-state index contributed by atoms with van der Waals surface area (Å²) >= 11 is 1.98. The number of nitriles is 1. The van der Waals surface area contributed by atoms with Crippen molar-refractivity contribution in [1.82, 2.24) is 0 Å². The summed E-state index contributed by atoms with van der Waals surface area (Å²) < 4.78 is 16.9. The molecule has 0 atom stereocenters. The van der Waals surface area contributed by atoms with Gasteiger partial charge in [-0.05, 0) is 96.1 Å². The molecule has 0 spiro atoms. The Morgan fingerprint density at radius 3 is 2.45 bits per heavy atom. The normalized spacial score (nSPS) is 10.8. The summed E-state index contributed by atoms with van der Waals surface area (Å²) in [5.74, 6) is -0.215. The van der Waals surface area contributed by atoms with Gasteiger partial charge in [0.2, 0.25) is 0 Å². The van der Waals surface area contributed by atoms with Crippen LogP contribution in [0.15, 0.2) is 60.2 Å². The van der Waals surface area contributed by atoms with Crippen LogP contribution < -0.4 is 19.5 Å². The number of halogens is 1. The van der Waals surface area contributed by atoms with Gasteiger partial charge in [0.1, 0.15) is 17.4 Å².